The molecular formula is C24H29N3O4. The van der Waals surface area contributed by atoms with Crippen LogP contribution in [0.3, 0.4) is 0 Å². The van der Waals surface area contributed by atoms with Gasteiger partial charge in [0.05, 0.1) is 20.8 Å². The fraction of sp³-hybridized carbons (Fsp3) is 0.417. The van der Waals surface area contributed by atoms with Crippen molar-refractivity contribution >= 4 is 17.5 Å². The molecule has 2 amide bonds. The van der Waals surface area contributed by atoms with E-state index < -0.39 is 6.04 Å². The van der Waals surface area contributed by atoms with Gasteiger partial charge in [-0.15, -0.1) is 0 Å². The van der Waals surface area contributed by atoms with E-state index in [0.29, 0.717) is 18.7 Å². The van der Waals surface area contributed by atoms with Crippen LogP contribution in [-0.2, 0) is 22.6 Å². The van der Waals surface area contributed by atoms with Crippen LogP contribution in [0.5, 0.6) is 11.5 Å². The fourth-order valence-corrected chi connectivity index (χ4v) is 4.54. The van der Waals surface area contributed by atoms with Gasteiger partial charge in [0, 0.05) is 24.8 Å². The number of hydrogen-bond donors (Lipinski definition) is 1. The molecule has 2 aliphatic heterocycles. The molecule has 164 valence electrons. The SMILES string of the molecule is COc1cc2c(cc1OC)CN(CC(=O)N[C@H]1C[C@H](C)N(c3ccccc3)C1=O)CC2. The van der Waals surface area contributed by atoms with Crippen molar-refractivity contribution in [1.82, 2.24) is 10.2 Å². The molecule has 2 aliphatic rings. The molecule has 0 saturated carbocycles. The number of hydrogen-bond acceptors (Lipinski definition) is 5. The van der Waals surface area contributed by atoms with Crippen LogP contribution in [0.1, 0.15) is 24.5 Å². The van der Waals surface area contributed by atoms with Gasteiger partial charge < -0.3 is 19.7 Å². The quantitative estimate of drug-likeness (QED) is 0.773. The number of rotatable bonds is 6. The molecule has 2 aromatic carbocycles. The normalized spacial score (nSPS) is 21.0. The van der Waals surface area contributed by atoms with E-state index >= 15 is 0 Å². The number of amides is 2. The molecule has 2 aromatic rings. The third-order valence-corrected chi connectivity index (χ3v) is 6.09. The third kappa shape index (κ3) is 4.37. The highest BCUT2D eigenvalue weighted by molar-refractivity contribution is 6.02. The molecule has 2 atom stereocenters. The van der Waals surface area contributed by atoms with E-state index in [9.17, 15) is 9.59 Å². The van der Waals surface area contributed by atoms with E-state index in [1.54, 1.807) is 19.1 Å². The first-order valence-electron chi connectivity index (χ1n) is 10.6. The summed E-state index contributed by atoms with van der Waals surface area (Å²) in [7, 11) is 3.25. The van der Waals surface area contributed by atoms with Gasteiger partial charge in [-0.05, 0) is 55.2 Å². The van der Waals surface area contributed by atoms with Gasteiger partial charge in [0.25, 0.3) is 0 Å². The van der Waals surface area contributed by atoms with Gasteiger partial charge in [-0.3, -0.25) is 14.5 Å². The second kappa shape index (κ2) is 8.98. The number of benzene rings is 2. The van der Waals surface area contributed by atoms with Crippen LogP contribution in [0, 0.1) is 0 Å². The van der Waals surface area contributed by atoms with Crippen molar-refractivity contribution in [1.29, 1.82) is 0 Å². The van der Waals surface area contributed by atoms with Crippen molar-refractivity contribution in [3.05, 3.63) is 53.6 Å². The molecule has 1 fully saturated rings. The first-order valence-corrected chi connectivity index (χ1v) is 10.6. The molecule has 0 bridgehead atoms. The lowest BCUT2D eigenvalue weighted by Gasteiger charge is -2.29. The Balaban J connectivity index is 1.37. The van der Waals surface area contributed by atoms with E-state index in [0.717, 1.165) is 30.0 Å². The third-order valence-electron chi connectivity index (χ3n) is 6.09. The van der Waals surface area contributed by atoms with Crippen LogP contribution in [0.15, 0.2) is 42.5 Å². The monoisotopic (exact) mass is 423 g/mol. The number of fused-ring (bicyclic) bond motifs is 1. The average Bonchev–Trinajstić information content (AvgIpc) is 3.05. The number of para-hydroxylation sites is 1. The van der Waals surface area contributed by atoms with Crippen molar-refractivity contribution in [2.75, 3.05) is 32.2 Å². The van der Waals surface area contributed by atoms with Crippen LogP contribution >= 0.6 is 0 Å². The number of carbonyl (C=O) groups is 2. The molecule has 0 aliphatic carbocycles. The van der Waals surface area contributed by atoms with E-state index in [1.807, 2.05) is 49.4 Å². The lowest BCUT2D eigenvalue weighted by Crippen LogP contribution is -2.46. The molecule has 7 heteroatoms. The van der Waals surface area contributed by atoms with Crippen molar-refractivity contribution in [3.8, 4) is 11.5 Å². The number of anilines is 1. The summed E-state index contributed by atoms with van der Waals surface area (Å²) in [5.74, 6) is 1.25. The van der Waals surface area contributed by atoms with Gasteiger partial charge >= 0.3 is 0 Å². The predicted octanol–water partition coefficient (Wildman–Crippen LogP) is 2.37. The molecule has 2 heterocycles. The molecule has 0 aromatic heterocycles. The molecule has 0 radical (unpaired) electrons. The van der Waals surface area contributed by atoms with Crippen molar-refractivity contribution in [3.63, 3.8) is 0 Å². The molecule has 1 N–H and O–H groups in total. The van der Waals surface area contributed by atoms with E-state index in [4.69, 9.17) is 9.47 Å². The Labute approximate surface area is 182 Å². The van der Waals surface area contributed by atoms with Crippen LogP contribution in [0.25, 0.3) is 0 Å². The maximum absolute atomic E-state index is 12.9. The van der Waals surface area contributed by atoms with Crippen molar-refractivity contribution in [2.45, 2.75) is 38.4 Å². The Morgan fingerprint density at radius 3 is 2.45 bits per heavy atom. The number of carbonyl (C=O) groups excluding carboxylic acids is 2. The Hall–Kier alpha value is -3.06. The van der Waals surface area contributed by atoms with Gasteiger partial charge in [0.1, 0.15) is 6.04 Å². The predicted molar refractivity (Wildman–Crippen MR) is 118 cm³/mol. The molecule has 4 rings (SSSR count). The summed E-state index contributed by atoms with van der Waals surface area (Å²) >= 11 is 0. The average molecular weight is 424 g/mol. The van der Waals surface area contributed by atoms with Crippen molar-refractivity contribution < 1.29 is 19.1 Å². The molecular weight excluding hydrogens is 394 g/mol. The fourth-order valence-electron chi connectivity index (χ4n) is 4.54. The lowest BCUT2D eigenvalue weighted by atomic mass is 9.99. The zero-order valence-electron chi connectivity index (χ0n) is 18.3. The minimum Gasteiger partial charge on any atom is -0.493 e. The summed E-state index contributed by atoms with van der Waals surface area (Å²) in [5.41, 5.74) is 3.22. The minimum atomic E-state index is -0.482. The summed E-state index contributed by atoms with van der Waals surface area (Å²) in [4.78, 5) is 29.5. The van der Waals surface area contributed by atoms with Gasteiger partial charge in [-0.25, -0.2) is 0 Å². The Bertz CT molecular complexity index is 963. The largest absolute Gasteiger partial charge is 0.493 e. The Kier molecular flexibility index (Phi) is 6.13. The smallest absolute Gasteiger partial charge is 0.249 e. The maximum atomic E-state index is 12.9. The topological polar surface area (TPSA) is 71.1 Å². The summed E-state index contributed by atoms with van der Waals surface area (Å²) in [6.07, 6.45) is 1.45. The molecule has 0 spiro atoms. The standard InChI is InChI=1S/C24H29N3O4/c1-16-11-20(24(29)27(16)19-7-5-4-6-8-19)25-23(28)15-26-10-9-17-12-21(30-2)22(31-3)13-18(17)14-26/h4-8,12-13,16,20H,9-11,14-15H2,1-3H3,(H,25,28)/t16-,20-/m0/s1. The van der Waals surface area contributed by atoms with Gasteiger partial charge in [-0.2, -0.15) is 0 Å². The van der Waals surface area contributed by atoms with Gasteiger partial charge in [0.2, 0.25) is 11.8 Å². The summed E-state index contributed by atoms with van der Waals surface area (Å²) in [6.45, 7) is 3.72. The number of methoxy groups -OCH3 is 2. The summed E-state index contributed by atoms with van der Waals surface area (Å²) in [5, 5.41) is 2.95. The van der Waals surface area contributed by atoms with Crippen LogP contribution in [-0.4, -0.2) is 56.1 Å². The van der Waals surface area contributed by atoms with Gasteiger partial charge in [-0.1, -0.05) is 18.2 Å². The summed E-state index contributed by atoms with van der Waals surface area (Å²) in [6, 6.07) is 13.2. The van der Waals surface area contributed by atoms with E-state index in [-0.39, 0.29) is 24.4 Å². The first-order chi connectivity index (χ1) is 15.0. The first kappa shape index (κ1) is 21.2. The van der Waals surface area contributed by atoms with Gasteiger partial charge in [0.15, 0.2) is 11.5 Å². The zero-order valence-corrected chi connectivity index (χ0v) is 18.3. The number of nitrogens with zero attached hydrogens (tertiary/aromatic N) is 2. The number of ether oxygens (including phenoxy) is 2. The zero-order chi connectivity index (χ0) is 22.0. The molecule has 7 nitrogen and oxygen atoms in total. The molecule has 0 unspecified atom stereocenters. The highest BCUT2D eigenvalue weighted by Gasteiger charge is 2.38. The maximum Gasteiger partial charge on any atom is 0.249 e. The second-order valence-electron chi connectivity index (χ2n) is 8.19. The lowest BCUT2D eigenvalue weighted by molar-refractivity contribution is -0.127. The summed E-state index contributed by atoms with van der Waals surface area (Å²) < 4.78 is 10.8. The number of nitrogens with one attached hydrogen (secondary N) is 1. The molecule has 31 heavy (non-hydrogen) atoms. The Morgan fingerprint density at radius 2 is 1.77 bits per heavy atom. The van der Waals surface area contributed by atoms with Crippen LogP contribution in [0.4, 0.5) is 5.69 Å². The highest BCUT2D eigenvalue weighted by Crippen LogP contribution is 2.33. The van der Waals surface area contributed by atoms with E-state index in [1.165, 1.54) is 5.56 Å². The van der Waals surface area contributed by atoms with Crippen LogP contribution in [0.2, 0.25) is 0 Å². The molecule has 1 saturated heterocycles. The van der Waals surface area contributed by atoms with Crippen molar-refractivity contribution in [2.24, 2.45) is 0 Å². The second-order valence-corrected chi connectivity index (χ2v) is 8.19. The Morgan fingerprint density at radius 1 is 1.10 bits per heavy atom. The van der Waals surface area contributed by atoms with Crippen LogP contribution < -0.4 is 19.7 Å². The van der Waals surface area contributed by atoms with E-state index in [2.05, 4.69) is 10.2 Å². The minimum absolute atomic E-state index is 0.0458. The highest BCUT2D eigenvalue weighted by atomic mass is 16.5.